The Morgan fingerprint density at radius 1 is 1.36 bits per heavy atom. The van der Waals surface area contributed by atoms with E-state index in [1.54, 1.807) is 0 Å². The number of ether oxygens (including phenoxy) is 1. The van der Waals surface area contributed by atoms with Gasteiger partial charge in [0.2, 0.25) is 0 Å². The molecule has 0 saturated heterocycles. The molecule has 4 nitrogen and oxygen atoms in total. The zero-order valence-electron chi connectivity index (χ0n) is 13.5. The highest BCUT2D eigenvalue weighted by atomic mass is 79.9. The average Bonchev–Trinajstić information content (AvgIpc) is 2.33. The van der Waals surface area contributed by atoms with Gasteiger partial charge in [-0.25, -0.2) is 4.79 Å². The zero-order valence-corrected chi connectivity index (χ0v) is 15.1. The summed E-state index contributed by atoms with van der Waals surface area (Å²) in [5, 5.41) is 6.50. The maximum atomic E-state index is 12.0. The third-order valence-electron chi connectivity index (χ3n) is 3.76. The molecule has 5 heteroatoms. The Hall–Kier alpha value is -1.07. The van der Waals surface area contributed by atoms with E-state index in [2.05, 4.69) is 38.7 Å². The quantitative estimate of drug-likeness (QED) is 0.825. The van der Waals surface area contributed by atoms with E-state index >= 15 is 0 Å². The number of benzene rings is 1. The van der Waals surface area contributed by atoms with Gasteiger partial charge < -0.3 is 15.4 Å². The van der Waals surface area contributed by atoms with E-state index in [1.165, 1.54) is 5.56 Å². The van der Waals surface area contributed by atoms with Crippen LogP contribution in [0.2, 0.25) is 0 Å². The largest absolute Gasteiger partial charge is 0.444 e. The summed E-state index contributed by atoms with van der Waals surface area (Å²) in [4.78, 5) is 12.0. The van der Waals surface area contributed by atoms with Crippen molar-refractivity contribution >= 4 is 22.0 Å². The number of hydrogen-bond donors (Lipinski definition) is 2. The molecule has 2 rings (SSSR count). The molecule has 0 aromatic heterocycles. The molecule has 0 aliphatic heterocycles. The van der Waals surface area contributed by atoms with Crippen molar-refractivity contribution in [3.63, 3.8) is 0 Å². The van der Waals surface area contributed by atoms with Crippen LogP contribution < -0.4 is 10.6 Å². The van der Waals surface area contributed by atoms with Gasteiger partial charge in [-0.3, -0.25) is 0 Å². The van der Waals surface area contributed by atoms with Gasteiger partial charge in [0.05, 0.1) is 5.54 Å². The predicted octanol–water partition coefficient (Wildman–Crippen LogP) is 3.99. The van der Waals surface area contributed by atoms with Crippen molar-refractivity contribution in [3.05, 3.63) is 34.3 Å². The smallest absolute Gasteiger partial charge is 0.408 e. The standard InChI is InChI=1S/C17H25BrN2O2/c1-16(2,3)22-15(21)20-17(8-5-9-17)12-19-11-13-6-4-7-14(18)10-13/h4,6-7,10,19H,5,8-9,11-12H2,1-3H3,(H,20,21). The molecule has 0 bridgehead atoms. The molecular weight excluding hydrogens is 344 g/mol. The molecule has 1 saturated carbocycles. The minimum atomic E-state index is -0.460. The first kappa shape index (κ1) is 17.3. The topological polar surface area (TPSA) is 50.4 Å². The molecule has 0 spiro atoms. The Kier molecular flexibility index (Phi) is 5.50. The number of hydrogen-bond acceptors (Lipinski definition) is 3. The number of halogens is 1. The van der Waals surface area contributed by atoms with Crippen LogP contribution in [0.1, 0.15) is 45.6 Å². The van der Waals surface area contributed by atoms with E-state index in [4.69, 9.17) is 4.74 Å². The highest BCUT2D eigenvalue weighted by molar-refractivity contribution is 9.10. The van der Waals surface area contributed by atoms with Gasteiger partial charge in [0.25, 0.3) is 0 Å². The SMILES string of the molecule is CC(C)(C)OC(=O)NC1(CNCc2cccc(Br)c2)CCC1. The summed E-state index contributed by atoms with van der Waals surface area (Å²) < 4.78 is 6.45. The molecule has 1 aliphatic rings. The maximum absolute atomic E-state index is 12.0. The van der Waals surface area contributed by atoms with Crippen LogP contribution in [0.15, 0.2) is 28.7 Å². The monoisotopic (exact) mass is 368 g/mol. The summed E-state index contributed by atoms with van der Waals surface area (Å²) in [6.07, 6.45) is 2.82. The first-order valence-electron chi connectivity index (χ1n) is 7.74. The number of nitrogens with one attached hydrogen (secondary N) is 2. The van der Waals surface area contributed by atoms with Gasteiger partial charge in [-0.15, -0.1) is 0 Å². The van der Waals surface area contributed by atoms with Crippen molar-refractivity contribution in [2.75, 3.05) is 6.54 Å². The fourth-order valence-electron chi connectivity index (χ4n) is 2.56. The molecule has 122 valence electrons. The van der Waals surface area contributed by atoms with Crippen molar-refractivity contribution in [1.29, 1.82) is 0 Å². The minimum Gasteiger partial charge on any atom is -0.444 e. The highest BCUT2D eigenvalue weighted by Gasteiger charge is 2.39. The zero-order chi connectivity index (χ0) is 16.2. The van der Waals surface area contributed by atoms with Gasteiger partial charge in [0.1, 0.15) is 5.60 Å². The lowest BCUT2D eigenvalue weighted by atomic mass is 9.76. The summed E-state index contributed by atoms with van der Waals surface area (Å²) in [7, 11) is 0. The molecule has 1 fully saturated rings. The summed E-state index contributed by atoms with van der Waals surface area (Å²) in [6.45, 7) is 7.19. The van der Waals surface area contributed by atoms with Crippen LogP contribution in [0.4, 0.5) is 4.79 Å². The van der Waals surface area contributed by atoms with Crippen LogP contribution in [-0.4, -0.2) is 23.8 Å². The first-order chi connectivity index (χ1) is 10.3. The molecule has 0 heterocycles. The highest BCUT2D eigenvalue weighted by Crippen LogP contribution is 2.31. The number of carbonyl (C=O) groups is 1. The molecule has 0 radical (unpaired) electrons. The maximum Gasteiger partial charge on any atom is 0.408 e. The molecule has 1 amide bonds. The van der Waals surface area contributed by atoms with Gasteiger partial charge in [-0.1, -0.05) is 28.1 Å². The molecular formula is C17H25BrN2O2. The fraction of sp³-hybridized carbons (Fsp3) is 0.588. The van der Waals surface area contributed by atoms with Crippen LogP contribution in [0.25, 0.3) is 0 Å². The number of rotatable bonds is 5. The van der Waals surface area contributed by atoms with Crippen molar-refractivity contribution in [1.82, 2.24) is 10.6 Å². The van der Waals surface area contributed by atoms with E-state index in [-0.39, 0.29) is 11.6 Å². The van der Waals surface area contributed by atoms with E-state index in [0.29, 0.717) is 0 Å². The Morgan fingerprint density at radius 3 is 2.64 bits per heavy atom. The predicted molar refractivity (Wildman–Crippen MR) is 91.8 cm³/mol. The molecule has 1 aromatic carbocycles. The second kappa shape index (κ2) is 7.01. The summed E-state index contributed by atoms with van der Waals surface area (Å²) in [5.74, 6) is 0. The lowest BCUT2D eigenvalue weighted by Crippen LogP contribution is -2.59. The van der Waals surface area contributed by atoms with Crippen LogP contribution in [0, 0.1) is 0 Å². The molecule has 0 unspecified atom stereocenters. The minimum absolute atomic E-state index is 0.158. The van der Waals surface area contributed by atoms with E-state index < -0.39 is 5.60 Å². The third kappa shape index (κ3) is 5.29. The molecule has 0 atom stereocenters. The lowest BCUT2D eigenvalue weighted by molar-refractivity contribution is 0.0382. The van der Waals surface area contributed by atoms with Crippen molar-refractivity contribution in [2.24, 2.45) is 0 Å². The van der Waals surface area contributed by atoms with Crippen molar-refractivity contribution in [3.8, 4) is 0 Å². The summed E-state index contributed by atoms with van der Waals surface area (Å²) in [5.41, 5.74) is 0.605. The average molecular weight is 369 g/mol. The number of amides is 1. The second-order valence-corrected chi connectivity index (χ2v) is 7.91. The Morgan fingerprint density at radius 2 is 2.09 bits per heavy atom. The first-order valence-corrected chi connectivity index (χ1v) is 8.54. The van der Waals surface area contributed by atoms with E-state index in [9.17, 15) is 4.79 Å². The van der Waals surface area contributed by atoms with Crippen LogP contribution >= 0.6 is 15.9 Å². The Labute approximate surface area is 141 Å². The summed E-state index contributed by atoms with van der Waals surface area (Å²) >= 11 is 3.48. The lowest BCUT2D eigenvalue weighted by Gasteiger charge is -2.42. The van der Waals surface area contributed by atoms with Crippen molar-refractivity contribution < 1.29 is 9.53 Å². The van der Waals surface area contributed by atoms with Gasteiger partial charge in [0, 0.05) is 17.6 Å². The Bertz CT molecular complexity index is 522. The van der Waals surface area contributed by atoms with Crippen LogP contribution in [0.3, 0.4) is 0 Å². The van der Waals surface area contributed by atoms with Crippen molar-refractivity contribution in [2.45, 2.75) is 57.7 Å². The molecule has 1 aromatic rings. The molecule has 22 heavy (non-hydrogen) atoms. The van der Waals surface area contributed by atoms with Crippen LogP contribution in [-0.2, 0) is 11.3 Å². The third-order valence-corrected chi connectivity index (χ3v) is 4.25. The fourth-order valence-corrected chi connectivity index (χ4v) is 3.01. The summed E-state index contributed by atoms with van der Waals surface area (Å²) in [6, 6.07) is 8.23. The second-order valence-electron chi connectivity index (χ2n) is 6.99. The number of carbonyl (C=O) groups excluding carboxylic acids is 1. The van der Waals surface area contributed by atoms with Gasteiger partial charge in [-0.2, -0.15) is 0 Å². The van der Waals surface area contributed by atoms with Gasteiger partial charge in [-0.05, 0) is 57.7 Å². The Balaban J connectivity index is 1.82. The molecule has 1 aliphatic carbocycles. The number of alkyl carbamates (subject to hydrolysis) is 1. The van der Waals surface area contributed by atoms with Gasteiger partial charge in [0.15, 0.2) is 0 Å². The van der Waals surface area contributed by atoms with Crippen LogP contribution in [0.5, 0.6) is 0 Å². The van der Waals surface area contributed by atoms with E-state index in [1.807, 2.05) is 32.9 Å². The normalized spacial score (nSPS) is 16.7. The molecule has 2 N–H and O–H groups in total. The van der Waals surface area contributed by atoms with Gasteiger partial charge >= 0.3 is 6.09 Å². The van der Waals surface area contributed by atoms with E-state index in [0.717, 1.165) is 36.8 Å².